The van der Waals surface area contributed by atoms with Gasteiger partial charge < -0.3 is 8.82 Å². The van der Waals surface area contributed by atoms with Crippen LogP contribution in [0.3, 0.4) is 0 Å². The predicted molar refractivity (Wildman–Crippen MR) is 209 cm³/mol. The Morgan fingerprint density at radius 2 is 1.08 bits per heavy atom. The van der Waals surface area contributed by atoms with Crippen molar-refractivity contribution in [1.29, 1.82) is 0 Å². The van der Waals surface area contributed by atoms with Crippen LogP contribution in [-0.4, -0.2) is 18.9 Å². The van der Waals surface area contributed by atoms with Crippen molar-refractivity contribution in [1.82, 2.24) is 18.9 Å². The first kappa shape index (κ1) is 26.9. The Kier molecular flexibility index (Phi) is 5.17. The molecule has 0 saturated heterocycles. The lowest BCUT2D eigenvalue weighted by atomic mass is 10.0. The molecule has 5 heteroatoms. The molecule has 0 radical (unpaired) electrons. The molecule has 0 aliphatic carbocycles. The van der Waals surface area contributed by atoms with Crippen molar-refractivity contribution < 1.29 is 4.42 Å². The molecule has 0 saturated carbocycles. The lowest BCUT2D eigenvalue weighted by molar-refractivity contribution is 0.666. The molecule has 5 aromatic heterocycles. The number of furan rings is 1. The van der Waals surface area contributed by atoms with Crippen LogP contribution < -0.4 is 0 Å². The summed E-state index contributed by atoms with van der Waals surface area (Å²) in [6.07, 6.45) is 0. The van der Waals surface area contributed by atoms with E-state index in [9.17, 15) is 0 Å². The van der Waals surface area contributed by atoms with Gasteiger partial charge in [-0.3, -0.25) is 4.57 Å². The molecule has 51 heavy (non-hydrogen) atoms. The standard InChI is InChI=1S/C46H26N4O/c1-3-13-27(14-4-1)29-23-24-38-33(25-29)35-26-34-30-17-7-10-20-36(30)49-37-21-11-8-18-31(37)40(43(34)49)44(35)50(38)46-47-41(28-15-5-2-6-16-28)45-42(48-46)32-19-9-12-22-39(32)51-45/h1-26H. The van der Waals surface area contributed by atoms with Gasteiger partial charge in [-0.15, -0.1) is 0 Å². The number of hydrogen-bond acceptors (Lipinski definition) is 3. The van der Waals surface area contributed by atoms with Gasteiger partial charge in [0.2, 0.25) is 5.95 Å². The first-order valence-corrected chi connectivity index (χ1v) is 17.3. The topological polar surface area (TPSA) is 48.3 Å². The fraction of sp³-hybridized carbons (Fsp3) is 0. The summed E-state index contributed by atoms with van der Waals surface area (Å²) in [5.74, 6) is 0.614. The molecule has 0 amide bonds. The number of aromatic nitrogens is 4. The smallest absolute Gasteiger partial charge is 0.236 e. The van der Waals surface area contributed by atoms with Crippen molar-refractivity contribution in [3.63, 3.8) is 0 Å². The second-order valence-electron chi connectivity index (χ2n) is 13.4. The van der Waals surface area contributed by atoms with Gasteiger partial charge in [0.1, 0.15) is 16.8 Å². The molecule has 0 bridgehead atoms. The van der Waals surface area contributed by atoms with Crippen LogP contribution in [0, 0.1) is 0 Å². The van der Waals surface area contributed by atoms with E-state index in [1.807, 2.05) is 36.4 Å². The fourth-order valence-electron chi connectivity index (χ4n) is 8.50. The minimum absolute atomic E-state index is 0.614. The molecule has 0 spiro atoms. The third-order valence-electron chi connectivity index (χ3n) is 10.7. The van der Waals surface area contributed by atoms with Gasteiger partial charge in [-0.2, -0.15) is 0 Å². The lowest BCUT2D eigenvalue weighted by Crippen LogP contribution is -2.03. The Hall–Kier alpha value is -6.98. The number of para-hydroxylation sites is 3. The molecule has 236 valence electrons. The van der Waals surface area contributed by atoms with E-state index in [4.69, 9.17) is 14.4 Å². The summed E-state index contributed by atoms with van der Waals surface area (Å²) in [5.41, 5.74) is 12.2. The van der Waals surface area contributed by atoms with Gasteiger partial charge in [0.05, 0.1) is 27.6 Å². The van der Waals surface area contributed by atoms with Crippen molar-refractivity contribution in [2.24, 2.45) is 0 Å². The number of hydrogen-bond donors (Lipinski definition) is 0. The molecule has 0 N–H and O–H groups in total. The quantitative estimate of drug-likeness (QED) is 0.191. The maximum absolute atomic E-state index is 6.50. The van der Waals surface area contributed by atoms with E-state index >= 15 is 0 Å². The predicted octanol–water partition coefficient (Wildman–Crippen LogP) is 12.0. The Morgan fingerprint density at radius 1 is 0.431 bits per heavy atom. The molecule has 12 aromatic rings. The monoisotopic (exact) mass is 650 g/mol. The molecule has 0 aliphatic rings. The van der Waals surface area contributed by atoms with E-state index in [2.05, 4.69) is 130 Å². The Balaban J connectivity index is 1.32. The molecule has 0 fully saturated rings. The van der Waals surface area contributed by atoms with Crippen molar-refractivity contribution >= 4 is 82.0 Å². The summed E-state index contributed by atoms with van der Waals surface area (Å²) in [6, 6.07) is 55.8. The first-order valence-electron chi connectivity index (χ1n) is 17.3. The van der Waals surface area contributed by atoms with Crippen molar-refractivity contribution in [2.45, 2.75) is 0 Å². The highest BCUT2D eigenvalue weighted by atomic mass is 16.3. The van der Waals surface area contributed by atoms with Gasteiger partial charge in [0, 0.05) is 43.3 Å². The van der Waals surface area contributed by atoms with Crippen LogP contribution in [0.15, 0.2) is 162 Å². The average molecular weight is 651 g/mol. The number of nitrogens with zero attached hydrogens (tertiary/aromatic N) is 4. The van der Waals surface area contributed by atoms with Crippen LogP contribution >= 0.6 is 0 Å². The maximum atomic E-state index is 6.50. The summed E-state index contributed by atoms with van der Waals surface area (Å²) in [4.78, 5) is 10.8. The van der Waals surface area contributed by atoms with E-state index in [-0.39, 0.29) is 0 Å². The highest BCUT2D eigenvalue weighted by Gasteiger charge is 2.26. The van der Waals surface area contributed by atoms with E-state index < -0.39 is 0 Å². The van der Waals surface area contributed by atoms with Crippen molar-refractivity contribution in [3.8, 4) is 28.3 Å². The number of benzene rings is 7. The van der Waals surface area contributed by atoms with Gasteiger partial charge in [-0.1, -0.05) is 115 Å². The second-order valence-corrected chi connectivity index (χ2v) is 13.4. The first-order chi connectivity index (χ1) is 25.3. The zero-order valence-electron chi connectivity index (χ0n) is 27.2. The van der Waals surface area contributed by atoms with Crippen molar-refractivity contribution in [3.05, 3.63) is 158 Å². The second kappa shape index (κ2) is 9.80. The van der Waals surface area contributed by atoms with Crippen molar-refractivity contribution in [2.75, 3.05) is 0 Å². The zero-order chi connectivity index (χ0) is 33.2. The normalized spacial score (nSPS) is 12.3. The molecular weight excluding hydrogens is 625 g/mol. The third kappa shape index (κ3) is 3.54. The van der Waals surface area contributed by atoms with Crippen LogP contribution in [-0.2, 0) is 0 Å². The molecular formula is C46H26N4O. The fourth-order valence-corrected chi connectivity index (χ4v) is 8.50. The van der Waals surface area contributed by atoms with Gasteiger partial charge in [-0.05, 0) is 53.6 Å². The highest BCUT2D eigenvalue weighted by molar-refractivity contribution is 6.34. The summed E-state index contributed by atoms with van der Waals surface area (Å²) in [7, 11) is 0. The maximum Gasteiger partial charge on any atom is 0.236 e. The molecule has 0 atom stereocenters. The largest absolute Gasteiger partial charge is 0.452 e. The van der Waals surface area contributed by atoms with Crippen LogP contribution in [0.4, 0.5) is 0 Å². The Bertz CT molecular complexity index is 3350. The molecule has 7 aromatic carbocycles. The van der Waals surface area contributed by atoms with Crippen LogP contribution in [0.2, 0.25) is 0 Å². The van der Waals surface area contributed by atoms with Gasteiger partial charge >= 0.3 is 0 Å². The number of rotatable bonds is 3. The van der Waals surface area contributed by atoms with Gasteiger partial charge in [-0.25, -0.2) is 9.97 Å². The van der Waals surface area contributed by atoms with Gasteiger partial charge in [0.25, 0.3) is 0 Å². The molecule has 12 rings (SSSR count). The minimum Gasteiger partial charge on any atom is -0.452 e. The molecule has 0 unspecified atom stereocenters. The number of fused-ring (bicyclic) bond motifs is 13. The Labute approximate surface area is 290 Å². The summed E-state index contributed by atoms with van der Waals surface area (Å²) >= 11 is 0. The van der Waals surface area contributed by atoms with E-state index in [0.717, 1.165) is 44.2 Å². The molecule has 0 aliphatic heterocycles. The molecule has 5 heterocycles. The van der Waals surface area contributed by atoms with E-state index in [1.165, 1.54) is 54.6 Å². The van der Waals surface area contributed by atoms with Crippen LogP contribution in [0.1, 0.15) is 0 Å². The van der Waals surface area contributed by atoms with Crippen LogP contribution in [0.5, 0.6) is 0 Å². The average Bonchev–Trinajstić information content (AvgIpc) is 3.93. The summed E-state index contributed by atoms with van der Waals surface area (Å²) in [5, 5.41) is 8.21. The zero-order valence-corrected chi connectivity index (χ0v) is 27.2. The van der Waals surface area contributed by atoms with Gasteiger partial charge in [0.15, 0.2) is 5.58 Å². The SMILES string of the molecule is c1ccc(-c2ccc3c(c2)c2cc4c5ccccc5n5c6ccccc6c(c2n3-c2nc(-c3ccccc3)c3oc6ccccc6c3n2)c45)cc1. The summed E-state index contributed by atoms with van der Waals surface area (Å²) in [6.45, 7) is 0. The van der Waals surface area contributed by atoms with E-state index in [0.29, 0.717) is 11.5 Å². The Morgan fingerprint density at radius 3 is 1.88 bits per heavy atom. The summed E-state index contributed by atoms with van der Waals surface area (Å²) < 4.78 is 11.2. The third-order valence-corrected chi connectivity index (χ3v) is 10.7. The minimum atomic E-state index is 0.614. The highest BCUT2D eigenvalue weighted by Crippen LogP contribution is 2.47. The molecule has 5 nitrogen and oxygen atoms in total. The lowest BCUT2D eigenvalue weighted by Gasteiger charge is -2.10. The van der Waals surface area contributed by atoms with Crippen LogP contribution in [0.25, 0.3) is 110 Å². The van der Waals surface area contributed by atoms with E-state index in [1.54, 1.807) is 0 Å².